The maximum atomic E-state index is 12.7. The first-order valence-corrected chi connectivity index (χ1v) is 8.61. The molecule has 3 aromatic rings. The Kier molecular flexibility index (Phi) is 3.09. The van der Waals surface area contributed by atoms with Crippen molar-refractivity contribution in [2.45, 2.75) is 9.79 Å². The monoisotopic (exact) mass is 323 g/mol. The molecule has 114 valence electrons. The highest BCUT2D eigenvalue weighted by atomic mass is 32.2. The number of nitrogens with one attached hydrogen (secondary N) is 1. The summed E-state index contributed by atoms with van der Waals surface area (Å²) in [6.07, 6.45) is 0. The third kappa shape index (κ3) is 2.35. The Morgan fingerprint density at radius 1 is 0.696 bits per heavy atom. The molecule has 0 atom stereocenters. The lowest BCUT2D eigenvalue weighted by Crippen LogP contribution is -2.06. The van der Waals surface area contributed by atoms with E-state index >= 15 is 0 Å². The maximum absolute atomic E-state index is 12.7. The molecule has 0 amide bonds. The van der Waals surface area contributed by atoms with Gasteiger partial charge in [0.2, 0.25) is 9.84 Å². The van der Waals surface area contributed by atoms with Crippen LogP contribution in [0.4, 0.5) is 11.4 Å². The van der Waals surface area contributed by atoms with Crippen molar-refractivity contribution in [3.05, 3.63) is 72.8 Å². The highest BCUT2D eigenvalue weighted by molar-refractivity contribution is 7.91. The highest BCUT2D eigenvalue weighted by Gasteiger charge is 2.22. The van der Waals surface area contributed by atoms with E-state index in [0.29, 0.717) is 11.5 Å². The topological polar surface area (TPSA) is 55.4 Å². The van der Waals surface area contributed by atoms with Crippen LogP contribution in [-0.2, 0) is 9.84 Å². The number of para-hydroxylation sites is 2. The molecule has 0 aromatic heterocycles. The Hall–Kier alpha value is -2.79. The van der Waals surface area contributed by atoms with Gasteiger partial charge in [0.1, 0.15) is 0 Å². The molecule has 0 saturated carbocycles. The average molecular weight is 323 g/mol. The van der Waals surface area contributed by atoms with Gasteiger partial charge in [-0.3, -0.25) is 0 Å². The zero-order valence-electron chi connectivity index (χ0n) is 12.1. The minimum Gasteiger partial charge on any atom is -0.453 e. The van der Waals surface area contributed by atoms with Crippen LogP contribution in [0.2, 0.25) is 0 Å². The Morgan fingerprint density at radius 2 is 1.39 bits per heavy atom. The molecule has 3 aromatic carbocycles. The first-order chi connectivity index (χ1) is 11.1. The van der Waals surface area contributed by atoms with Crippen LogP contribution in [0.3, 0.4) is 0 Å². The van der Waals surface area contributed by atoms with E-state index in [1.165, 1.54) is 0 Å². The van der Waals surface area contributed by atoms with Crippen molar-refractivity contribution >= 4 is 21.2 Å². The van der Waals surface area contributed by atoms with Gasteiger partial charge >= 0.3 is 0 Å². The van der Waals surface area contributed by atoms with Crippen LogP contribution in [0.1, 0.15) is 0 Å². The van der Waals surface area contributed by atoms with Crippen molar-refractivity contribution in [3.8, 4) is 11.5 Å². The zero-order valence-corrected chi connectivity index (χ0v) is 12.9. The van der Waals surface area contributed by atoms with Gasteiger partial charge in [0.15, 0.2) is 11.5 Å². The van der Waals surface area contributed by atoms with Crippen LogP contribution in [0.25, 0.3) is 0 Å². The first kappa shape index (κ1) is 13.8. The smallest absolute Gasteiger partial charge is 0.206 e. The predicted molar refractivity (Wildman–Crippen MR) is 88.1 cm³/mol. The molecule has 0 saturated heterocycles. The molecule has 1 heterocycles. The van der Waals surface area contributed by atoms with Crippen molar-refractivity contribution in [2.75, 3.05) is 5.32 Å². The third-order valence-electron chi connectivity index (χ3n) is 3.69. The largest absolute Gasteiger partial charge is 0.453 e. The van der Waals surface area contributed by atoms with Crippen LogP contribution in [0.5, 0.6) is 11.5 Å². The molecule has 0 fully saturated rings. The van der Waals surface area contributed by atoms with E-state index in [-0.39, 0.29) is 9.79 Å². The van der Waals surface area contributed by atoms with E-state index in [0.717, 1.165) is 11.4 Å². The van der Waals surface area contributed by atoms with Gasteiger partial charge in [-0.2, -0.15) is 0 Å². The van der Waals surface area contributed by atoms with Crippen molar-refractivity contribution in [1.29, 1.82) is 0 Å². The summed E-state index contributed by atoms with van der Waals surface area (Å²) < 4.78 is 31.2. The van der Waals surface area contributed by atoms with Crippen molar-refractivity contribution in [3.63, 3.8) is 0 Å². The summed E-state index contributed by atoms with van der Waals surface area (Å²) in [6.45, 7) is 0. The molecule has 1 aliphatic rings. The standard InChI is InChI=1S/C18H13NO3S/c20-23(21,13-6-2-1-3-7-13)14-10-11-16-18(12-14)22-17-9-5-4-8-15(17)19-16/h1-12,19H. The molecule has 0 spiro atoms. The summed E-state index contributed by atoms with van der Waals surface area (Å²) in [7, 11) is -3.56. The molecule has 1 N–H and O–H groups in total. The average Bonchev–Trinajstić information content (AvgIpc) is 2.60. The second kappa shape index (κ2) is 5.14. The molecule has 23 heavy (non-hydrogen) atoms. The number of hydrogen-bond acceptors (Lipinski definition) is 4. The van der Waals surface area contributed by atoms with Gasteiger partial charge < -0.3 is 10.1 Å². The molecule has 4 rings (SSSR count). The van der Waals surface area contributed by atoms with E-state index in [4.69, 9.17) is 4.74 Å². The number of ether oxygens (including phenoxy) is 1. The molecule has 4 nitrogen and oxygen atoms in total. The van der Waals surface area contributed by atoms with E-state index < -0.39 is 9.84 Å². The van der Waals surface area contributed by atoms with Gasteiger partial charge in [0, 0.05) is 6.07 Å². The van der Waals surface area contributed by atoms with E-state index in [2.05, 4.69) is 5.32 Å². The van der Waals surface area contributed by atoms with Crippen molar-refractivity contribution < 1.29 is 13.2 Å². The lowest BCUT2D eigenvalue weighted by atomic mass is 10.2. The highest BCUT2D eigenvalue weighted by Crippen LogP contribution is 2.42. The fourth-order valence-electron chi connectivity index (χ4n) is 2.52. The van der Waals surface area contributed by atoms with Gasteiger partial charge in [0.25, 0.3) is 0 Å². The lowest BCUT2D eigenvalue weighted by molar-refractivity contribution is 0.479. The van der Waals surface area contributed by atoms with Gasteiger partial charge in [-0.25, -0.2) is 8.42 Å². The van der Waals surface area contributed by atoms with Crippen LogP contribution >= 0.6 is 0 Å². The fraction of sp³-hybridized carbons (Fsp3) is 0. The van der Waals surface area contributed by atoms with Gasteiger partial charge in [-0.1, -0.05) is 30.3 Å². The molecule has 0 bridgehead atoms. The number of benzene rings is 3. The number of rotatable bonds is 2. The molecule has 1 aliphatic heterocycles. The summed E-state index contributed by atoms with van der Waals surface area (Å²) in [6, 6.07) is 20.8. The van der Waals surface area contributed by atoms with Gasteiger partial charge in [-0.15, -0.1) is 0 Å². The van der Waals surface area contributed by atoms with Crippen LogP contribution in [-0.4, -0.2) is 8.42 Å². The normalized spacial score (nSPS) is 12.5. The fourth-order valence-corrected chi connectivity index (χ4v) is 3.81. The Morgan fingerprint density at radius 3 is 2.22 bits per heavy atom. The minimum atomic E-state index is -3.56. The molecule has 5 heteroatoms. The van der Waals surface area contributed by atoms with Crippen molar-refractivity contribution in [1.82, 2.24) is 0 Å². The first-order valence-electron chi connectivity index (χ1n) is 7.13. The lowest BCUT2D eigenvalue weighted by Gasteiger charge is -2.22. The van der Waals surface area contributed by atoms with Gasteiger partial charge in [0.05, 0.1) is 21.2 Å². The van der Waals surface area contributed by atoms with E-state index in [1.54, 1.807) is 48.5 Å². The van der Waals surface area contributed by atoms with Crippen LogP contribution < -0.4 is 10.1 Å². The Balaban J connectivity index is 1.77. The summed E-state index contributed by atoms with van der Waals surface area (Å²) in [5.74, 6) is 1.18. The number of sulfone groups is 1. The molecular weight excluding hydrogens is 310 g/mol. The number of fused-ring (bicyclic) bond motifs is 2. The third-order valence-corrected chi connectivity index (χ3v) is 5.46. The summed E-state index contributed by atoms with van der Waals surface area (Å²) in [4.78, 5) is 0.479. The van der Waals surface area contributed by atoms with E-state index in [9.17, 15) is 8.42 Å². The Labute approximate surface area is 134 Å². The Bertz CT molecular complexity index is 982. The van der Waals surface area contributed by atoms with Gasteiger partial charge in [-0.05, 0) is 36.4 Å². The van der Waals surface area contributed by atoms with Crippen molar-refractivity contribution in [2.24, 2.45) is 0 Å². The second-order valence-corrected chi connectivity index (χ2v) is 7.15. The molecule has 0 unspecified atom stereocenters. The van der Waals surface area contributed by atoms with E-state index in [1.807, 2.05) is 24.3 Å². The summed E-state index contributed by atoms with van der Waals surface area (Å²) >= 11 is 0. The maximum Gasteiger partial charge on any atom is 0.206 e. The van der Waals surface area contributed by atoms with Crippen LogP contribution in [0.15, 0.2) is 82.6 Å². The molecule has 0 aliphatic carbocycles. The predicted octanol–water partition coefficient (Wildman–Crippen LogP) is 4.37. The minimum absolute atomic E-state index is 0.212. The molecular formula is C18H13NO3S. The quantitative estimate of drug-likeness (QED) is 0.595. The van der Waals surface area contributed by atoms with Crippen LogP contribution in [0, 0.1) is 0 Å². The zero-order chi connectivity index (χ0) is 15.9. The SMILES string of the molecule is O=S(=O)(c1ccccc1)c1ccc2c(c1)Oc1ccccc1N2. The summed E-state index contributed by atoms with van der Waals surface area (Å²) in [5, 5.41) is 3.24. The number of hydrogen-bond donors (Lipinski definition) is 1. The number of anilines is 2. The second-order valence-electron chi connectivity index (χ2n) is 5.20. The molecule has 0 radical (unpaired) electrons. The summed E-state index contributed by atoms with van der Waals surface area (Å²) in [5.41, 5.74) is 1.61.